The lowest BCUT2D eigenvalue weighted by molar-refractivity contribution is 0.182. The van der Waals surface area contributed by atoms with E-state index in [1.54, 1.807) is 24.9 Å². The summed E-state index contributed by atoms with van der Waals surface area (Å²) < 4.78 is 8.55. The maximum atomic E-state index is 12.3. The lowest BCUT2D eigenvalue weighted by Crippen LogP contribution is -2.54. The van der Waals surface area contributed by atoms with Crippen molar-refractivity contribution >= 4 is 11.3 Å². The number of hydrogen-bond donors (Lipinski definition) is 1. The Morgan fingerprint density at radius 1 is 1.45 bits per heavy atom. The largest absolute Gasteiger partial charge is 0.378 e. The van der Waals surface area contributed by atoms with Gasteiger partial charge in [-0.15, -0.1) is 0 Å². The fourth-order valence-electron chi connectivity index (χ4n) is 2.99. The van der Waals surface area contributed by atoms with E-state index in [0.29, 0.717) is 18.7 Å². The summed E-state index contributed by atoms with van der Waals surface area (Å²) in [6.45, 7) is 6.50. The van der Waals surface area contributed by atoms with Crippen LogP contribution in [0.1, 0.15) is 19.5 Å². The summed E-state index contributed by atoms with van der Waals surface area (Å²) in [6.07, 6.45) is 1.86. The zero-order chi connectivity index (χ0) is 15.9. The molecule has 22 heavy (non-hydrogen) atoms. The molecule has 1 N–H and O–H groups in total. The molecule has 1 fully saturated rings. The van der Waals surface area contributed by atoms with Crippen LogP contribution in [0.3, 0.4) is 0 Å². The molecule has 120 valence electrons. The maximum Gasteiger partial charge on any atom is 0.267 e. The second-order valence-electron chi connectivity index (χ2n) is 6.04. The number of aromatic nitrogens is 3. The molecule has 0 bridgehead atoms. The molecule has 2 atom stereocenters. The summed E-state index contributed by atoms with van der Waals surface area (Å²) in [7, 11) is 3.39. The zero-order valence-electron chi connectivity index (χ0n) is 13.5. The molecular formula is C15H23N5O2. The Kier molecular flexibility index (Phi) is 3.92. The van der Waals surface area contributed by atoms with Gasteiger partial charge < -0.3 is 15.0 Å². The Balaban J connectivity index is 2.15. The Bertz CT molecular complexity index is 735. The van der Waals surface area contributed by atoms with E-state index in [-0.39, 0.29) is 5.56 Å². The molecule has 3 heterocycles. The second-order valence-corrected chi connectivity index (χ2v) is 6.04. The number of anilines is 1. The van der Waals surface area contributed by atoms with E-state index in [9.17, 15) is 4.79 Å². The van der Waals surface area contributed by atoms with Gasteiger partial charge >= 0.3 is 0 Å². The number of fused-ring (bicyclic) bond motifs is 1. The Morgan fingerprint density at radius 3 is 2.95 bits per heavy atom. The summed E-state index contributed by atoms with van der Waals surface area (Å²) in [5.41, 5.74) is 2.48. The molecule has 0 unspecified atom stereocenters. The maximum absolute atomic E-state index is 12.3. The third-order valence-corrected chi connectivity index (χ3v) is 4.24. The van der Waals surface area contributed by atoms with Crippen molar-refractivity contribution in [3.05, 3.63) is 28.3 Å². The third-order valence-electron chi connectivity index (χ3n) is 4.24. The van der Waals surface area contributed by atoms with E-state index in [2.05, 4.69) is 29.0 Å². The first-order valence-electron chi connectivity index (χ1n) is 7.58. The molecule has 7 nitrogen and oxygen atoms in total. The molecule has 2 aromatic rings. The van der Waals surface area contributed by atoms with Crippen LogP contribution in [0.25, 0.3) is 5.65 Å². The molecule has 0 saturated carbocycles. The van der Waals surface area contributed by atoms with Crippen molar-refractivity contribution in [1.29, 1.82) is 0 Å². The third kappa shape index (κ3) is 2.50. The van der Waals surface area contributed by atoms with E-state index < -0.39 is 0 Å². The van der Waals surface area contributed by atoms with Crippen LogP contribution in [0.15, 0.2) is 17.1 Å². The van der Waals surface area contributed by atoms with Crippen molar-refractivity contribution < 1.29 is 4.74 Å². The van der Waals surface area contributed by atoms with Crippen molar-refractivity contribution in [3.8, 4) is 0 Å². The Labute approximate surface area is 129 Å². The van der Waals surface area contributed by atoms with Crippen molar-refractivity contribution in [2.24, 2.45) is 7.05 Å². The Morgan fingerprint density at radius 2 is 2.23 bits per heavy atom. The second kappa shape index (κ2) is 5.73. The summed E-state index contributed by atoms with van der Waals surface area (Å²) in [5, 5.41) is 3.46. The van der Waals surface area contributed by atoms with Gasteiger partial charge in [0, 0.05) is 45.4 Å². The van der Waals surface area contributed by atoms with Gasteiger partial charge in [-0.25, -0.2) is 14.2 Å². The van der Waals surface area contributed by atoms with E-state index >= 15 is 0 Å². The van der Waals surface area contributed by atoms with Crippen LogP contribution in [0.4, 0.5) is 5.69 Å². The van der Waals surface area contributed by atoms with Gasteiger partial charge in [0.1, 0.15) is 0 Å². The molecule has 0 spiro atoms. The van der Waals surface area contributed by atoms with Gasteiger partial charge in [-0.05, 0) is 13.8 Å². The molecule has 0 amide bonds. The number of piperazine rings is 1. The molecule has 0 radical (unpaired) electrons. The van der Waals surface area contributed by atoms with E-state index in [1.807, 2.05) is 10.7 Å². The zero-order valence-corrected chi connectivity index (χ0v) is 13.5. The summed E-state index contributed by atoms with van der Waals surface area (Å²) >= 11 is 0. The number of imidazole rings is 1. The lowest BCUT2D eigenvalue weighted by Gasteiger charge is -2.39. The Hall–Kier alpha value is -1.86. The van der Waals surface area contributed by atoms with Gasteiger partial charge in [0.05, 0.1) is 24.2 Å². The minimum Gasteiger partial charge on any atom is -0.378 e. The van der Waals surface area contributed by atoms with Gasteiger partial charge in [0.2, 0.25) is 0 Å². The molecular weight excluding hydrogens is 282 g/mol. The molecule has 7 heteroatoms. The monoisotopic (exact) mass is 305 g/mol. The predicted octanol–water partition coefficient (Wildman–Crippen LogP) is 0.366. The lowest BCUT2D eigenvalue weighted by atomic mass is 10.1. The summed E-state index contributed by atoms with van der Waals surface area (Å²) in [4.78, 5) is 19.2. The van der Waals surface area contributed by atoms with Gasteiger partial charge in [-0.1, -0.05) is 0 Å². The number of hydrogen-bond acceptors (Lipinski definition) is 5. The van der Waals surface area contributed by atoms with E-state index in [0.717, 1.165) is 30.1 Å². The average molecular weight is 305 g/mol. The normalized spacial score (nSPS) is 22.5. The smallest absolute Gasteiger partial charge is 0.267 e. The highest BCUT2D eigenvalue weighted by Crippen LogP contribution is 2.23. The molecule has 0 aliphatic carbocycles. The molecule has 1 aliphatic rings. The molecule has 1 aliphatic heterocycles. The fourth-order valence-corrected chi connectivity index (χ4v) is 2.99. The number of ether oxygens (including phenoxy) is 1. The van der Waals surface area contributed by atoms with Crippen LogP contribution in [-0.4, -0.2) is 46.5 Å². The van der Waals surface area contributed by atoms with Gasteiger partial charge in [0.25, 0.3) is 5.56 Å². The number of nitrogens with zero attached hydrogens (tertiary/aromatic N) is 4. The highest BCUT2D eigenvalue weighted by Gasteiger charge is 2.26. The van der Waals surface area contributed by atoms with E-state index in [1.165, 1.54) is 0 Å². The quantitative estimate of drug-likeness (QED) is 0.887. The first-order chi connectivity index (χ1) is 10.5. The van der Waals surface area contributed by atoms with Crippen LogP contribution in [0.5, 0.6) is 0 Å². The highest BCUT2D eigenvalue weighted by molar-refractivity contribution is 5.69. The van der Waals surface area contributed by atoms with E-state index in [4.69, 9.17) is 4.74 Å². The molecule has 1 saturated heterocycles. The average Bonchev–Trinajstić information content (AvgIpc) is 2.90. The summed E-state index contributed by atoms with van der Waals surface area (Å²) in [5.74, 6) is 0. The van der Waals surface area contributed by atoms with Gasteiger partial charge in [0.15, 0.2) is 5.65 Å². The molecule has 2 aromatic heterocycles. The minimum atomic E-state index is -0.0396. The fraction of sp³-hybridized carbons (Fsp3) is 0.600. The first kappa shape index (κ1) is 15.1. The number of rotatable bonds is 3. The highest BCUT2D eigenvalue weighted by atomic mass is 16.5. The van der Waals surface area contributed by atoms with Crippen molar-refractivity contribution in [1.82, 2.24) is 19.5 Å². The van der Waals surface area contributed by atoms with Crippen LogP contribution in [-0.2, 0) is 18.4 Å². The molecule has 3 rings (SSSR count). The number of aryl methyl sites for hydroxylation is 1. The van der Waals surface area contributed by atoms with Crippen LogP contribution < -0.4 is 15.8 Å². The number of nitrogens with one attached hydrogen (secondary N) is 1. The van der Waals surface area contributed by atoms with Crippen molar-refractivity contribution in [2.45, 2.75) is 32.5 Å². The van der Waals surface area contributed by atoms with Crippen LogP contribution in [0.2, 0.25) is 0 Å². The topological polar surface area (TPSA) is 63.8 Å². The van der Waals surface area contributed by atoms with Crippen LogP contribution >= 0.6 is 0 Å². The predicted molar refractivity (Wildman–Crippen MR) is 85.4 cm³/mol. The first-order valence-corrected chi connectivity index (χ1v) is 7.58. The molecule has 0 aromatic carbocycles. The van der Waals surface area contributed by atoms with Gasteiger partial charge in [-0.3, -0.25) is 4.79 Å². The van der Waals surface area contributed by atoms with Crippen LogP contribution in [0, 0.1) is 0 Å². The minimum absolute atomic E-state index is 0.0396. The van der Waals surface area contributed by atoms with Crippen molar-refractivity contribution in [2.75, 3.05) is 25.1 Å². The standard InChI is InChI=1S/C15H23N5O2/c1-10-7-19(11(2)6-16-10)13-5-14(21)18(3)20-8-12(9-22-4)17-15(13)20/h5,8,10-11,16H,6-7,9H2,1-4H3/t10-,11+/m1/s1. The SMILES string of the molecule is COCc1cn2c(n1)c(N1C[C@@H](C)NC[C@@H]1C)cc(=O)n2C. The van der Waals surface area contributed by atoms with Crippen molar-refractivity contribution in [3.63, 3.8) is 0 Å². The number of methoxy groups -OCH3 is 1. The summed E-state index contributed by atoms with van der Waals surface area (Å²) in [6, 6.07) is 2.39. The van der Waals surface area contributed by atoms with Gasteiger partial charge in [-0.2, -0.15) is 0 Å².